The standard InChI is InChI=1S/C14H22N2O3/c1-11-10-12(4-5-13(11)17)14(18)15-6-8-19-9-7-16(2)3/h4-5,10,17H,6-9H2,1-3H3,(H,15,18). The van der Waals surface area contributed by atoms with Crippen molar-refractivity contribution in [2.45, 2.75) is 6.92 Å². The molecule has 1 amide bonds. The lowest BCUT2D eigenvalue weighted by Crippen LogP contribution is -2.28. The summed E-state index contributed by atoms with van der Waals surface area (Å²) in [6.45, 7) is 4.26. The van der Waals surface area contributed by atoms with Crippen molar-refractivity contribution < 1.29 is 14.6 Å². The quantitative estimate of drug-likeness (QED) is 0.723. The Balaban J connectivity index is 2.26. The first-order valence-electron chi connectivity index (χ1n) is 6.31. The second kappa shape index (κ2) is 7.76. The number of phenolic OH excluding ortho intramolecular Hbond substituents is 1. The van der Waals surface area contributed by atoms with Crippen LogP contribution in [0, 0.1) is 6.92 Å². The van der Waals surface area contributed by atoms with E-state index >= 15 is 0 Å². The Morgan fingerprint density at radius 3 is 2.74 bits per heavy atom. The van der Waals surface area contributed by atoms with Gasteiger partial charge in [-0.3, -0.25) is 4.79 Å². The summed E-state index contributed by atoms with van der Waals surface area (Å²) in [6.07, 6.45) is 0. The van der Waals surface area contributed by atoms with Gasteiger partial charge in [0.25, 0.3) is 5.91 Å². The van der Waals surface area contributed by atoms with Gasteiger partial charge in [0.05, 0.1) is 13.2 Å². The molecule has 0 radical (unpaired) electrons. The number of aryl methyl sites for hydroxylation is 1. The van der Waals surface area contributed by atoms with Gasteiger partial charge < -0.3 is 20.1 Å². The van der Waals surface area contributed by atoms with Crippen LogP contribution in [0.25, 0.3) is 0 Å². The number of nitrogens with one attached hydrogen (secondary N) is 1. The van der Waals surface area contributed by atoms with E-state index < -0.39 is 0 Å². The summed E-state index contributed by atoms with van der Waals surface area (Å²) in [5, 5.41) is 12.2. The zero-order valence-corrected chi connectivity index (χ0v) is 11.8. The largest absolute Gasteiger partial charge is 0.508 e. The average Bonchev–Trinajstić information content (AvgIpc) is 2.36. The van der Waals surface area contributed by atoms with Crippen LogP contribution in [0.5, 0.6) is 5.75 Å². The zero-order chi connectivity index (χ0) is 14.3. The van der Waals surface area contributed by atoms with E-state index in [1.165, 1.54) is 6.07 Å². The highest BCUT2D eigenvalue weighted by atomic mass is 16.5. The third-order valence-corrected chi connectivity index (χ3v) is 2.67. The Morgan fingerprint density at radius 1 is 1.37 bits per heavy atom. The van der Waals surface area contributed by atoms with E-state index in [1.54, 1.807) is 19.1 Å². The smallest absolute Gasteiger partial charge is 0.251 e. The molecule has 0 heterocycles. The van der Waals surface area contributed by atoms with Gasteiger partial charge >= 0.3 is 0 Å². The lowest BCUT2D eigenvalue weighted by molar-refractivity contribution is 0.0900. The third kappa shape index (κ3) is 5.72. The number of benzene rings is 1. The van der Waals surface area contributed by atoms with Crippen molar-refractivity contribution >= 4 is 5.91 Å². The van der Waals surface area contributed by atoms with E-state index in [-0.39, 0.29) is 11.7 Å². The number of amides is 1. The molecule has 2 N–H and O–H groups in total. The van der Waals surface area contributed by atoms with Crippen LogP contribution in [0.3, 0.4) is 0 Å². The highest BCUT2D eigenvalue weighted by Gasteiger charge is 2.06. The van der Waals surface area contributed by atoms with Crippen LogP contribution in [0.15, 0.2) is 18.2 Å². The van der Waals surface area contributed by atoms with E-state index in [0.29, 0.717) is 30.9 Å². The topological polar surface area (TPSA) is 61.8 Å². The van der Waals surface area contributed by atoms with Gasteiger partial charge in [-0.1, -0.05) is 0 Å². The Bertz CT molecular complexity index is 419. The number of hydrogen-bond acceptors (Lipinski definition) is 4. The fourth-order valence-electron chi connectivity index (χ4n) is 1.48. The van der Waals surface area contributed by atoms with Crippen molar-refractivity contribution in [1.82, 2.24) is 10.2 Å². The molecular formula is C14H22N2O3. The van der Waals surface area contributed by atoms with Crippen molar-refractivity contribution in [2.24, 2.45) is 0 Å². The highest BCUT2D eigenvalue weighted by Crippen LogP contribution is 2.16. The predicted octanol–water partition coefficient (Wildman–Crippen LogP) is 1.01. The Kier molecular flexibility index (Phi) is 6.32. The molecule has 0 saturated heterocycles. The number of rotatable bonds is 7. The Hall–Kier alpha value is -1.59. The molecule has 106 valence electrons. The number of carbonyl (C=O) groups excluding carboxylic acids is 1. The first kappa shape index (κ1) is 15.5. The monoisotopic (exact) mass is 266 g/mol. The summed E-state index contributed by atoms with van der Waals surface area (Å²) in [4.78, 5) is 13.8. The average molecular weight is 266 g/mol. The number of carbonyl (C=O) groups is 1. The Morgan fingerprint density at radius 2 is 2.11 bits per heavy atom. The molecule has 5 nitrogen and oxygen atoms in total. The molecule has 19 heavy (non-hydrogen) atoms. The fraction of sp³-hybridized carbons (Fsp3) is 0.500. The summed E-state index contributed by atoms with van der Waals surface area (Å²) in [7, 11) is 3.97. The Labute approximate surface area is 114 Å². The van der Waals surface area contributed by atoms with Gasteiger partial charge in [0.2, 0.25) is 0 Å². The van der Waals surface area contributed by atoms with Crippen molar-refractivity contribution in [3.63, 3.8) is 0 Å². The molecule has 0 unspecified atom stereocenters. The molecule has 0 aliphatic carbocycles. The maximum atomic E-state index is 11.8. The maximum Gasteiger partial charge on any atom is 0.251 e. The maximum absolute atomic E-state index is 11.8. The minimum atomic E-state index is -0.153. The van der Waals surface area contributed by atoms with E-state index in [4.69, 9.17) is 4.74 Å². The summed E-state index contributed by atoms with van der Waals surface area (Å²) < 4.78 is 5.38. The van der Waals surface area contributed by atoms with Crippen LogP contribution in [0.1, 0.15) is 15.9 Å². The number of aromatic hydroxyl groups is 1. The van der Waals surface area contributed by atoms with Gasteiger partial charge in [0.1, 0.15) is 5.75 Å². The van der Waals surface area contributed by atoms with Crippen LogP contribution < -0.4 is 5.32 Å². The molecule has 0 bridgehead atoms. The second-order valence-corrected chi connectivity index (χ2v) is 4.67. The zero-order valence-electron chi connectivity index (χ0n) is 11.8. The van der Waals surface area contributed by atoms with Crippen LogP contribution in [0.2, 0.25) is 0 Å². The molecule has 0 spiro atoms. The first-order chi connectivity index (χ1) is 9.00. The summed E-state index contributed by atoms with van der Waals surface area (Å²) in [6, 6.07) is 4.79. The van der Waals surface area contributed by atoms with E-state index in [9.17, 15) is 9.90 Å². The van der Waals surface area contributed by atoms with Gasteiger partial charge in [-0.15, -0.1) is 0 Å². The van der Waals surface area contributed by atoms with Crippen LogP contribution >= 0.6 is 0 Å². The van der Waals surface area contributed by atoms with Gasteiger partial charge in [-0.25, -0.2) is 0 Å². The van der Waals surface area contributed by atoms with E-state index in [0.717, 1.165) is 6.54 Å². The summed E-state index contributed by atoms with van der Waals surface area (Å²) >= 11 is 0. The van der Waals surface area contributed by atoms with Crippen molar-refractivity contribution in [1.29, 1.82) is 0 Å². The minimum absolute atomic E-state index is 0.153. The van der Waals surface area contributed by atoms with Crippen LogP contribution in [-0.2, 0) is 4.74 Å². The van der Waals surface area contributed by atoms with Gasteiger partial charge in [-0.2, -0.15) is 0 Å². The number of phenols is 1. The first-order valence-corrected chi connectivity index (χ1v) is 6.31. The summed E-state index contributed by atoms with van der Waals surface area (Å²) in [5.41, 5.74) is 1.23. The molecule has 1 rings (SSSR count). The molecule has 0 saturated carbocycles. The molecule has 5 heteroatoms. The molecule has 0 fully saturated rings. The number of nitrogens with zero attached hydrogens (tertiary/aromatic N) is 1. The fourth-order valence-corrected chi connectivity index (χ4v) is 1.48. The third-order valence-electron chi connectivity index (χ3n) is 2.67. The van der Waals surface area contributed by atoms with Crippen LogP contribution in [-0.4, -0.2) is 56.3 Å². The molecule has 1 aromatic rings. The van der Waals surface area contributed by atoms with Crippen LogP contribution in [0.4, 0.5) is 0 Å². The van der Waals surface area contributed by atoms with Gasteiger partial charge in [0.15, 0.2) is 0 Å². The summed E-state index contributed by atoms with van der Waals surface area (Å²) in [5.74, 6) is 0.0443. The number of ether oxygens (including phenoxy) is 1. The minimum Gasteiger partial charge on any atom is -0.508 e. The molecule has 0 atom stereocenters. The van der Waals surface area contributed by atoms with Crippen molar-refractivity contribution in [3.05, 3.63) is 29.3 Å². The lowest BCUT2D eigenvalue weighted by atomic mass is 10.1. The van der Waals surface area contributed by atoms with E-state index in [2.05, 4.69) is 5.32 Å². The molecule has 0 aromatic heterocycles. The molecular weight excluding hydrogens is 244 g/mol. The van der Waals surface area contributed by atoms with Gasteiger partial charge in [-0.05, 0) is 44.8 Å². The molecule has 1 aromatic carbocycles. The normalized spacial score (nSPS) is 10.7. The highest BCUT2D eigenvalue weighted by molar-refractivity contribution is 5.94. The number of hydrogen-bond donors (Lipinski definition) is 2. The van der Waals surface area contributed by atoms with Crippen molar-refractivity contribution in [2.75, 3.05) is 40.4 Å². The second-order valence-electron chi connectivity index (χ2n) is 4.67. The SMILES string of the molecule is Cc1cc(C(=O)NCCOCCN(C)C)ccc1O. The van der Waals surface area contributed by atoms with Gasteiger partial charge in [0, 0.05) is 18.7 Å². The molecule has 0 aliphatic rings. The molecule has 0 aliphatic heterocycles. The number of likely N-dealkylation sites (N-methyl/N-ethyl adjacent to an activating group) is 1. The lowest BCUT2D eigenvalue weighted by Gasteiger charge is -2.10. The van der Waals surface area contributed by atoms with Crippen molar-refractivity contribution in [3.8, 4) is 5.75 Å². The predicted molar refractivity (Wildman–Crippen MR) is 74.6 cm³/mol. The van der Waals surface area contributed by atoms with E-state index in [1.807, 2.05) is 19.0 Å².